The van der Waals surface area contributed by atoms with Gasteiger partial charge in [0.05, 0.1) is 16.1 Å². The maximum atomic E-state index is 12.5. The summed E-state index contributed by atoms with van der Waals surface area (Å²) >= 11 is 5.83. The van der Waals surface area contributed by atoms with Crippen LogP contribution in [0.15, 0.2) is 53.4 Å². The first-order valence-corrected chi connectivity index (χ1v) is 9.64. The minimum absolute atomic E-state index is 0.104. The van der Waals surface area contributed by atoms with Crippen LogP contribution >= 0.6 is 11.6 Å². The maximum Gasteiger partial charge on any atom is 0.338 e. The van der Waals surface area contributed by atoms with Crippen LogP contribution in [0.3, 0.4) is 0 Å². The summed E-state index contributed by atoms with van der Waals surface area (Å²) in [6, 6.07) is 10.1. The highest BCUT2D eigenvalue weighted by Gasteiger charge is 2.22. The number of hydrogen-bond acceptors (Lipinski definition) is 6. The van der Waals surface area contributed by atoms with Crippen molar-refractivity contribution in [2.24, 2.45) is 5.73 Å². The Kier molecular flexibility index (Phi) is 6.60. The van der Waals surface area contributed by atoms with Gasteiger partial charge in [-0.15, -0.1) is 0 Å². The van der Waals surface area contributed by atoms with E-state index in [-0.39, 0.29) is 16.1 Å². The van der Waals surface area contributed by atoms with E-state index in [0.29, 0.717) is 5.02 Å². The smallest absolute Gasteiger partial charge is 0.338 e. The molecule has 9 nitrogen and oxygen atoms in total. The Morgan fingerprint density at radius 2 is 1.79 bits per heavy atom. The number of imide groups is 1. The number of rotatable bonds is 6. The molecule has 2 aromatic carbocycles. The lowest BCUT2D eigenvalue weighted by Crippen LogP contribution is -2.42. The van der Waals surface area contributed by atoms with Crippen LogP contribution in [0, 0.1) is 0 Å². The zero-order valence-electron chi connectivity index (χ0n) is 14.5. The van der Waals surface area contributed by atoms with Gasteiger partial charge in [0.25, 0.3) is 15.9 Å². The number of carbonyl (C=O) groups is 3. The summed E-state index contributed by atoms with van der Waals surface area (Å²) < 4.78 is 32.3. The van der Waals surface area contributed by atoms with Crippen LogP contribution in [0.1, 0.15) is 17.3 Å². The van der Waals surface area contributed by atoms with Crippen LogP contribution in [0.2, 0.25) is 5.02 Å². The molecule has 4 N–H and O–H groups in total. The highest BCUT2D eigenvalue weighted by atomic mass is 35.5. The van der Waals surface area contributed by atoms with Crippen LogP contribution in [-0.4, -0.2) is 32.4 Å². The van der Waals surface area contributed by atoms with E-state index in [2.05, 4.69) is 4.72 Å². The standard InChI is InChI=1S/C17H16ClN3O6S/c1-10(15(22)20-17(19)24)27-16(23)11-4-2-7-14(8-11)28(25,26)21-13-6-3-5-12(18)9-13/h2-10,21H,1H3,(H3,19,20,22,24). The minimum atomic E-state index is -4.00. The average Bonchev–Trinajstić information content (AvgIpc) is 2.60. The van der Waals surface area contributed by atoms with Crippen molar-refractivity contribution in [3.8, 4) is 0 Å². The van der Waals surface area contributed by atoms with E-state index in [1.54, 1.807) is 17.4 Å². The molecule has 28 heavy (non-hydrogen) atoms. The number of nitrogens with two attached hydrogens (primary N) is 1. The fourth-order valence-corrected chi connectivity index (χ4v) is 3.35. The molecule has 0 saturated carbocycles. The quantitative estimate of drug-likeness (QED) is 0.602. The van der Waals surface area contributed by atoms with Gasteiger partial charge < -0.3 is 10.5 Å². The number of esters is 1. The zero-order chi connectivity index (χ0) is 20.9. The fraction of sp³-hybridized carbons (Fsp3) is 0.118. The number of hydrogen-bond donors (Lipinski definition) is 3. The van der Waals surface area contributed by atoms with Gasteiger partial charge in [-0.05, 0) is 43.3 Å². The van der Waals surface area contributed by atoms with Gasteiger partial charge in [-0.25, -0.2) is 18.0 Å². The molecular weight excluding hydrogens is 410 g/mol. The molecule has 148 valence electrons. The number of nitrogens with one attached hydrogen (secondary N) is 2. The van der Waals surface area contributed by atoms with Gasteiger partial charge in [-0.1, -0.05) is 23.7 Å². The molecule has 0 fully saturated rings. The van der Waals surface area contributed by atoms with E-state index in [0.717, 1.165) is 6.07 Å². The first-order chi connectivity index (χ1) is 13.1. The number of halogens is 1. The van der Waals surface area contributed by atoms with E-state index in [1.807, 2.05) is 0 Å². The number of benzene rings is 2. The molecular formula is C17H16ClN3O6S. The van der Waals surface area contributed by atoms with Crippen LogP contribution < -0.4 is 15.8 Å². The highest BCUT2D eigenvalue weighted by Crippen LogP contribution is 2.20. The molecule has 11 heteroatoms. The lowest BCUT2D eigenvalue weighted by molar-refractivity contribution is -0.127. The third kappa shape index (κ3) is 5.69. The summed E-state index contributed by atoms with van der Waals surface area (Å²) in [6.07, 6.45) is -1.31. The van der Waals surface area contributed by atoms with Crippen molar-refractivity contribution in [1.82, 2.24) is 5.32 Å². The Morgan fingerprint density at radius 3 is 2.43 bits per heavy atom. The lowest BCUT2D eigenvalue weighted by Gasteiger charge is -2.13. The molecule has 0 saturated heterocycles. The van der Waals surface area contributed by atoms with Crippen molar-refractivity contribution in [1.29, 1.82) is 0 Å². The summed E-state index contributed by atoms with van der Waals surface area (Å²) in [5.74, 6) is -1.86. The second-order valence-corrected chi connectivity index (χ2v) is 7.66. The SMILES string of the molecule is CC(OC(=O)c1cccc(S(=O)(=O)Nc2cccc(Cl)c2)c1)C(=O)NC(N)=O. The molecule has 0 aliphatic carbocycles. The molecule has 0 aliphatic heterocycles. The first-order valence-electron chi connectivity index (χ1n) is 7.78. The molecule has 1 atom stereocenters. The third-order valence-electron chi connectivity index (χ3n) is 3.36. The number of urea groups is 1. The second-order valence-electron chi connectivity index (χ2n) is 5.54. The fourth-order valence-electron chi connectivity index (χ4n) is 2.06. The van der Waals surface area contributed by atoms with Crippen molar-refractivity contribution in [3.63, 3.8) is 0 Å². The summed E-state index contributed by atoms with van der Waals surface area (Å²) in [5.41, 5.74) is 4.96. The summed E-state index contributed by atoms with van der Waals surface area (Å²) in [6.45, 7) is 1.23. The molecule has 0 heterocycles. The predicted octanol–water partition coefficient (Wildman–Crippen LogP) is 1.88. The normalized spacial score (nSPS) is 11.9. The van der Waals surface area contributed by atoms with Crippen LogP contribution in [0.5, 0.6) is 0 Å². The molecule has 3 amide bonds. The largest absolute Gasteiger partial charge is 0.449 e. The number of amides is 3. The van der Waals surface area contributed by atoms with Crippen molar-refractivity contribution in [3.05, 3.63) is 59.1 Å². The van der Waals surface area contributed by atoms with Gasteiger partial charge >= 0.3 is 12.0 Å². The monoisotopic (exact) mass is 425 g/mol. The van der Waals surface area contributed by atoms with E-state index in [9.17, 15) is 22.8 Å². The minimum Gasteiger partial charge on any atom is -0.449 e. The summed E-state index contributed by atoms with van der Waals surface area (Å²) in [4.78, 5) is 34.2. The van der Waals surface area contributed by atoms with Gasteiger partial charge in [0, 0.05) is 5.02 Å². The number of carbonyl (C=O) groups excluding carboxylic acids is 3. The molecule has 0 aromatic heterocycles. The van der Waals surface area contributed by atoms with Crippen molar-refractivity contribution >= 4 is 45.2 Å². The molecule has 0 aliphatic rings. The Bertz CT molecular complexity index is 1030. The van der Waals surface area contributed by atoms with Crippen LogP contribution in [0.4, 0.5) is 10.5 Å². The number of anilines is 1. The predicted molar refractivity (Wildman–Crippen MR) is 101 cm³/mol. The Labute approximate surface area is 165 Å². The van der Waals surface area contributed by atoms with Crippen molar-refractivity contribution < 1.29 is 27.5 Å². The van der Waals surface area contributed by atoms with E-state index >= 15 is 0 Å². The Balaban J connectivity index is 2.17. The lowest BCUT2D eigenvalue weighted by atomic mass is 10.2. The average molecular weight is 426 g/mol. The Morgan fingerprint density at radius 1 is 1.11 bits per heavy atom. The van der Waals surface area contributed by atoms with Crippen LogP contribution in [-0.2, 0) is 19.6 Å². The number of primary amides is 1. The molecule has 0 bridgehead atoms. The van der Waals surface area contributed by atoms with Crippen LogP contribution in [0.25, 0.3) is 0 Å². The zero-order valence-corrected chi connectivity index (χ0v) is 16.1. The van der Waals surface area contributed by atoms with Gasteiger partial charge in [-0.2, -0.15) is 0 Å². The molecule has 0 radical (unpaired) electrons. The van der Waals surface area contributed by atoms with Gasteiger partial charge in [-0.3, -0.25) is 14.8 Å². The molecule has 0 spiro atoms. The van der Waals surface area contributed by atoms with Gasteiger partial charge in [0.1, 0.15) is 0 Å². The summed E-state index contributed by atoms with van der Waals surface area (Å²) in [5, 5.41) is 2.12. The van der Waals surface area contributed by atoms with E-state index in [1.165, 1.54) is 37.3 Å². The number of sulfonamides is 1. The van der Waals surface area contributed by atoms with E-state index < -0.39 is 34.0 Å². The van der Waals surface area contributed by atoms with Crippen molar-refractivity contribution in [2.75, 3.05) is 4.72 Å². The first kappa shape index (κ1) is 21.2. The topological polar surface area (TPSA) is 145 Å². The van der Waals surface area contributed by atoms with E-state index in [4.69, 9.17) is 22.1 Å². The number of ether oxygens (including phenoxy) is 1. The summed E-state index contributed by atoms with van der Waals surface area (Å²) in [7, 11) is -4.00. The van der Waals surface area contributed by atoms with Crippen molar-refractivity contribution in [2.45, 2.75) is 17.9 Å². The third-order valence-corrected chi connectivity index (χ3v) is 4.97. The Hall–Kier alpha value is -3.11. The highest BCUT2D eigenvalue weighted by molar-refractivity contribution is 7.92. The molecule has 1 unspecified atom stereocenters. The maximum absolute atomic E-state index is 12.5. The van der Waals surface area contributed by atoms with Gasteiger partial charge in [0.15, 0.2) is 6.10 Å². The molecule has 2 aromatic rings. The van der Waals surface area contributed by atoms with Gasteiger partial charge in [0.2, 0.25) is 0 Å². The second kappa shape index (κ2) is 8.72. The molecule has 2 rings (SSSR count).